The Morgan fingerprint density at radius 3 is 2.70 bits per heavy atom. The van der Waals surface area contributed by atoms with Gasteiger partial charge in [0.05, 0.1) is 12.1 Å². The highest BCUT2D eigenvalue weighted by molar-refractivity contribution is 5.97. The molecule has 23 heavy (non-hydrogen) atoms. The molecule has 1 aliphatic carbocycles. The summed E-state index contributed by atoms with van der Waals surface area (Å²) in [5.74, 6) is -0.00829. The number of aliphatic hydroxyl groups is 1. The number of anilines is 1. The first kappa shape index (κ1) is 16.0. The highest BCUT2D eigenvalue weighted by Gasteiger charge is 2.34. The quantitative estimate of drug-likeness (QED) is 0.870. The van der Waals surface area contributed by atoms with Gasteiger partial charge in [0.15, 0.2) is 0 Å². The second-order valence-electron chi connectivity index (χ2n) is 6.62. The summed E-state index contributed by atoms with van der Waals surface area (Å²) in [5.41, 5.74) is 1.64. The van der Waals surface area contributed by atoms with E-state index in [-0.39, 0.29) is 24.8 Å². The monoisotopic (exact) mass is 316 g/mol. The summed E-state index contributed by atoms with van der Waals surface area (Å²) in [6.07, 6.45) is 5.28. The van der Waals surface area contributed by atoms with Gasteiger partial charge < -0.3 is 15.3 Å². The number of nitrogens with one attached hydrogen (secondary N) is 1. The molecular weight excluding hydrogens is 292 g/mol. The number of benzene rings is 1. The van der Waals surface area contributed by atoms with E-state index in [0.29, 0.717) is 13.0 Å². The van der Waals surface area contributed by atoms with Crippen LogP contribution in [-0.2, 0) is 16.0 Å². The average Bonchev–Trinajstić information content (AvgIpc) is 3.03. The number of hydrogen-bond acceptors (Lipinski definition) is 3. The van der Waals surface area contributed by atoms with Crippen molar-refractivity contribution >= 4 is 17.5 Å². The van der Waals surface area contributed by atoms with Crippen LogP contribution in [0.4, 0.5) is 5.69 Å². The molecule has 1 fully saturated rings. The fourth-order valence-corrected chi connectivity index (χ4v) is 3.69. The van der Waals surface area contributed by atoms with Gasteiger partial charge in [0.25, 0.3) is 0 Å². The molecule has 3 rings (SSSR count). The van der Waals surface area contributed by atoms with Crippen molar-refractivity contribution in [2.45, 2.75) is 50.5 Å². The van der Waals surface area contributed by atoms with Gasteiger partial charge in [-0.25, -0.2) is 0 Å². The third-order valence-corrected chi connectivity index (χ3v) is 5.02. The molecular formula is C18H24N2O3. The highest BCUT2D eigenvalue weighted by Crippen LogP contribution is 2.30. The van der Waals surface area contributed by atoms with Gasteiger partial charge in [0.2, 0.25) is 11.8 Å². The van der Waals surface area contributed by atoms with E-state index in [1.54, 1.807) is 4.90 Å². The van der Waals surface area contributed by atoms with Gasteiger partial charge in [-0.05, 0) is 30.9 Å². The zero-order valence-electron chi connectivity index (χ0n) is 13.4. The standard InChI is InChI=1S/C18H24N2O3/c21-13-18(10-3-4-11-18)19-16(22)9-12-20-15-6-2-1-5-14(15)7-8-17(20)23/h1-2,5-6,21H,3-4,7-13H2,(H,19,22). The van der Waals surface area contributed by atoms with Crippen molar-refractivity contribution in [1.82, 2.24) is 5.32 Å². The Morgan fingerprint density at radius 2 is 1.96 bits per heavy atom. The highest BCUT2D eigenvalue weighted by atomic mass is 16.3. The minimum atomic E-state index is -0.444. The molecule has 0 saturated heterocycles. The number of hydrogen-bond donors (Lipinski definition) is 2. The minimum absolute atomic E-state index is 0.00970. The lowest BCUT2D eigenvalue weighted by molar-refractivity contribution is -0.123. The summed E-state index contributed by atoms with van der Waals surface area (Å²) < 4.78 is 0. The molecule has 1 saturated carbocycles. The maximum absolute atomic E-state index is 12.3. The number of carbonyl (C=O) groups is 2. The van der Waals surface area contributed by atoms with Gasteiger partial charge in [-0.2, -0.15) is 0 Å². The van der Waals surface area contributed by atoms with Crippen LogP contribution >= 0.6 is 0 Å². The molecule has 2 N–H and O–H groups in total. The van der Waals surface area contributed by atoms with E-state index in [4.69, 9.17) is 0 Å². The third-order valence-electron chi connectivity index (χ3n) is 5.02. The molecule has 5 heteroatoms. The summed E-state index contributed by atoms with van der Waals surface area (Å²) in [6, 6.07) is 7.87. The lowest BCUT2D eigenvalue weighted by Gasteiger charge is -2.31. The molecule has 1 aromatic rings. The molecule has 124 valence electrons. The van der Waals surface area contributed by atoms with Crippen LogP contribution in [0.25, 0.3) is 0 Å². The lowest BCUT2D eigenvalue weighted by atomic mass is 9.98. The maximum atomic E-state index is 12.3. The normalized spacial score (nSPS) is 19.5. The predicted molar refractivity (Wildman–Crippen MR) is 88.2 cm³/mol. The molecule has 2 aliphatic rings. The summed E-state index contributed by atoms with van der Waals surface area (Å²) in [4.78, 5) is 26.2. The Morgan fingerprint density at radius 1 is 1.22 bits per heavy atom. The first-order valence-electron chi connectivity index (χ1n) is 8.44. The van der Waals surface area contributed by atoms with E-state index in [1.807, 2.05) is 24.3 Å². The van der Waals surface area contributed by atoms with Gasteiger partial charge in [0, 0.05) is 25.1 Å². The Kier molecular flexibility index (Phi) is 4.66. The van der Waals surface area contributed by atoms with E-state index >= 15 is 0 Å². The van der Waals surface area contributed by atoms with Crippen LogP contribution in [0.15, 0.2) is 24.3 Å². The van der Waals surface area contributed by atoms with Crippen LogP contribution < -0.4 is 10.2 Å². The van der Waals surface area contributed by atoms with Crippen molar-refractivity contribution < 1.29 is 14.7 Å². The van der Waals surface area contributed by atoms with Gasteiger partial charge >= 0.3 is 0 Å². The fourth-order valence-electron chi connectivity index (χ4n) is 3.69. The molecule has 2 amide bonds. The Bertz CT molecular complexity index is 594. The first-order chi connectivity index (χ1) is 11.1. The smallest absolute Gasteiger partial charge is 0.227 e. The summed E-state index contributed by atoms with van der Waals surface area (Å²) in [5, 5.41) is 12.6. The van der Waals surface area contributed by atoms with Crippen molar-refractivity contribution in [3.63, 3.8) is 0 Å². The van der Waals surface area contributed by atoms with Gasteiger partial charge in [-0.1, -0.05) is 31.0 Å². The van der Waals surface area contributed by atoms with E-state index in [9.17, 15) is 14.7 Å². The fraction of sp³-hybridized carbons (Fsp3) is 0.556. The number of fused-ring (bicyclic) bond motifs is 1. The number of amides is 2. The molecule has 1 heterocycles. The Hall–Kier alpha value is -1.88. The predicted octanol–water partition coefficient (Wildman–Crippen LogP) is 1.78. The van der Waals surface area contributed by atoms with Gasteiger partial charge in [-0.3, -0.25) is 9.59 Å². The summed E-state index contributed by atoms with van der Waals surface area (Å²) in [6.45, 7) is 0.382. The molecule has 0 radical (unpaired) electrons. The zero-order valence-corrected chi connectivity index (χ0v) is 13.4. The summed E-state index contributed by atoms with van der Waals surface area (Å²) in [7, 11) is 0. The van der Waals surface area contributed by atoms with Gasteiger partial charge in [-0.15, -0.1) is 0 Å². The number of nitrogens with zero attached hydrogens (tertiary/aromatic N) is 1. The van der Waals surface area contributed by atoms with E-state index in [1.165, 1.54) is 0 Å². The number of para-hydroxylation sites is 1. The summed E-state index contributed by atoms with van der Waals surface area (Å²) >= 11 is 0. The van der Waals surface area contributed by atoms with Gasteiger partial charge in [0.1, 0.15) is 0 Å². The topological polar surface area (TPSA) is 69.6 Å². The van der Waals surface area contributed by atoms with E-state index in [2.05, 4.69) is 5.32 Å². The van der Waals surface area contributed by atoms with Crippen LogP contribution in [-0.4, -0.2) is 35.6 Å². The molecule has 0 atom stereocenters. The molecule has 1 aliphatic heterocycles. The van der Waals surface area contributed by atoms with Crippen molar-refractivity contribution in [3.05, 3.63) is 29.8 Å². The van der Waals surface area contributed by atoms with Crippen LogP contribution in [0.2, 0.25) is 0 Å². The minimum Gasteiger partial charge on any atom is -0.394 e. The SMILES string of the molecule is O=C(CCN1C(=O)CCc2ccccc21)NC1(CO)CCCC1. The number of rotatable bonds is 5. The lowest BCUT2D eigenvalue weighted by Crippen LogP contribution is -2.50. The largest absolute Gasteiger partial charge is 0.394 e. The number of aryl methyl sites for hydroxylation is 1. The Labute approximate surface area is 136 Å². The third kappa shape index (κ3) is 3.39. The van der Waals surface area contributed by atoms with Crippen molar-refractivity contribution in [1.29, 1.82) is 0 Å². The second-order valence-corrected chi connectivity index (χ2v) is 6.62. The van der Waals surface area contributed by atoms with E-state index < -0.39 is 5.54 Å². The Balaban J connectivity index is 1.62. The second kappa shape index (κ2) is 6.71. The molecule has 0 unspecified atom stereocenters. The average molecular weight is 316 g/mol. The molecule has 0 spiro atoms. The maximum Gasteiger partial charge on any atom is 0.227 e. The van der Waals surface area contributed by atoms with Crippen LogP contribution in [0.5, 0.6) is 0 Å². The van der Waals surface area contributed by atoms with Crippen LogP contribution in [0, 0.1) is 0 Å². The van der Waals surface area contributed by atoms with Crippen molar-refractivity contribution in [2.24, 2.45) is 0 Å². The molecule has 0 aromatic heterocycles. The molecule has 5 nitrogen and oxygen atoms in total. The number of carbonyl (C=O) groups excluding carboxylic acids is 2. The molecule has 0 bridgehead atoms. The van der Waals surface area contributed by atoms with Crippen molar-refractivity contribution in [3.8, 4) is 0 Å². The van der Waals surface area contributed by atoms with Crippen LogP contribution in [0.3, 0.4) is 0 Å². The zero-order chi connectivity index (χ0) is 16.3. The first-order valence-corrected chi connectivity index (χ1v) is 8.44. The number of aliphatic hydroxyl groups excluding tert-OH is 1. The van der Waals surface area contributed by atoms with Crippen molar-refractivity contribution in [2.75, 3.05) is 18.1 Å². The van der Waals surface area contributed by atoms with Crippen LogP contribution in [0.1, 0.15) is 44.1 Å². The molecule has 1 aromatic carbocycles. The van der Waals surface area contributed by atoms with E-state index in [0.717, 1.165) is 43.4 Å².